The van der Waals surface area contributed by atoms with Gasteiger partial charge in [-0.1, -0.05) is 0 Å². The van der Waals surface area contributed by atoms with Gasteiger partial charge in [-0.15, -0.1) is 0 Å². The maximum absolute atomic E-state index is 14.2. The Morgan fingerprint density at radius 3 is 2.83 bits per heavy atom. The van der Waals surface area contributed by atoms with Gasteiger partial charge in [-0.25, -0.2) is 14.4 Å². The molecule has 0 aliphatic rings. The van der Waals surface area contributed by atoms with Crippen molar-refractivity contribution in [2.45, 2.75) is 26.2 Å². The summed E-state index contributed by atoms with van der Waals surface area (Å²) in [6.45, 7) is 3.83. The van der Waals surface area contributed by atoms with Gasteiger partial charge in [0.15, 0.2) is 12.0 Å². The predicted octanol–water partition coefficient (Wildman–Crippen LogP) is 3.21. The summed E-state index contributed by atoms with van der Waals surface area (Å²) in [6.07, 6.45) is 0.700. The molecule has 24 heavy (non-hydrogen) atoms. The van der Waals surface area contributed by atoms with Crippen LogP contribution in [0.5, 0.6) is 0 Å². The summed E-state index contributed by atoms with van der Waals surface area (Å²) in [5.74, 6) is -0.0342. The van der Waals surface area contributed by atoms with Crippen molar-refractivity contribution in [1.82, 2.24) is 20.3 Å². The second-order valence-electron chi connectivity index (χ2n) is 5.67. The SMILES string of the molecule is CC(C)NC(O)Nc1ccc(F)c(-c2nc3ncc(Br)cc3[nH]2)c1. The minimum atomic E-state index is -0.934. The third-order valence-electron chi connectivity index (χ3n) is 3.32. The Balaban J connectivity index is 1.92. The van der Waals surface area contributed by atoms with E-state index in [1.165, 1.54) is 6.07 Å². The van der Waals surface area contributed by atoms with Gasteiger partial charge in [0.05, 0.1) is 11.1 Å². The molecule has 1 aromatic carbocycles. The van der Waals surface area contributed by atoms with Crippen molar-refractivity contribution in [3.63, 3.8) is 0 Å². The minimum absolute atomic E-state index is 0.104. The second-order valence-corrected chi connectivity index (χ2v) is 6.59. The van der Waals surface area contributed by atoms with E-state index in [0.717, 1.165) is 4.47 Å². The number of aromatic nitrogens is 3. The van der Waals surface area contributed by atoms with Crippen LogP contribution >= 0.6 is 15.9 Å². The molecule has 3 aromatic rings. The first-order valence-corrected chi connectivity index (χ1v) is 8.23. The van der Waals surface area contributed by atoms with Crippen molar-refractivity contribution in [2.24, 2.45) is 0 Å². The standard InChI is InChI=1S/C16H17BrFN5O/c1-8(2)20-16(24)21-10-3-4-12(18)11(6-10)14-22-13-5-9(17)7-19-15(13)23-14/h3-8,16,20-21,24H,1-2H3,(H,19,22,23). The zero-order valence-corrected chi connectivity index (χ0v) is 14.7. The zero-order chi connectivity index (χ0) is 17.3. The maximum atomic E-state index is 14.2. The van der Waals surface area contributed by atoms with E-state index in [-0.39, 0.29) is 6.04 Å². The average Bonchev–Trinajstić information content (AvgIpc) is 2.91. The number of aliphatic hydroxyl groups is 1. The summed E-state index contributed by atoms with van der Waals surface area (Å²) in [4.78, 5) is 11.6. The number of fused-ring (bicyclic) bond motifs is 1. The first-order valence-electron chi connectivity index (χ1n) is 7.44. The van der Waals surface area contributed by atoms with Crippen molar-refractivity contribution in [3.05, 3.63) is 40.8 Å². The molecule has 4 N–H and O–H groups in total. The topological polar surface area (TPSA) is 85.9 Å². The Hall–Kier alpha value is -2.03. The third-order valence-corrected chi connectivity index (χ3v) is 3.75. The summed E-state index contributed by atoms with van der Waals surface area (Å²) in [7, 11) is 0. The number of anilines is 1. The van der Waals surface area contributed by atoms with E-state index < -0.39 is 12.2 Å². The van der Waals surface area contributed by atoms with Crippen LogP contribution in [0.1, 0.15) is 13.8 Å². The van der Waals surface area contributed by atoms with Crippen LogP contribution in [0.4, 0.5) is 10.1 Å². The normalized spacial score (nSPS) is 12.8. The molecule has 0 radical (unpaired) electrons. The number of hydrogen-bond acceptors (Lipinski definition) is 5. The molecule has 6 nitrogen and oxygen atoms in total. The number of nitrogens with zero attached hydrogens (tertiary/aromatic N) is 2. The summed E-state index contributed by atoms with van der Waals surface area (Å²) in [6, 6.07) is 6.41. The van der Waals surface area contributed by atoms with Gasteiger partial charge >= 0.3 is 0 Å². The van der Waals surface area contributed by atoms with Crippen LogP contribution in [0.2, 0.25) is 0 Å². The van der Waals surface area contributed by atoms with Gasteiger partial charge in [0.2, 0.25) is 0 Å². The van der Waals surface area contributed by atoms with E-state index in [9.17, 15) is 9.50 Å². The van der Waals surface area contributed by atoms with Crippen molar-refractivity contribution in [2.75, 3.05) is 5.32 Å². The molecule has 0 aliphatic heterocycles. The second kappa shape index (κ2) is 6.84. The molecule has 1 unspecified atom stereocenters. The largest absolute Gasteiger partial charge is 0.361 e. The fourth-order valence-corrected chi connectivity index (χ4v) is 2.65. The van der Waals surface area contributed by atoms with E-state index in [2.05, 4.69) is 41.5 Å². The molecule has 0 saturated carbocycles. The molecule has 8 heteroatoms. The van der Waals surface area contributed by atoms with E-state index >= 15 is 0 Å². The molecule has 126 valence electrons. The molecule has 2 heterocycles. The zero-order valence-electron chi connectivity index (χ0n) is 13.1. The smallest absolute Gasteiger partial charge is 0.181 e. The van der Waals surface area contributed by atoms with Gasteiger partial charge in [-0.2, -0.15) is 0 Å². The van der Waals surface area contributed by atoms with Crippen LogP contribution in [0.25, 0.3) is 22.6 Å². The Bertz CT molecular complexity index is 867. The van der Waals surface area contributed by atoms with Gasteiger partial charge < -0.3 is 15.4 Å². The molecule has 0 aliphatic carbocycles. The Morgan fingerprint density at radius 1 is 1.29 bits per heavy atom. The molecule has 0 fully saturated rings. The Labute approximate surface area is 146 Å². The lowest BCUT2D eigenvalue weighted by molar-refractivity contribution is 0.155. The number of aromatic amines is 1. The van der Waals surface area contributed by atoms with Crippen LogP contribution in [0, 0.1) is 5.82 Å². The first kappa shape index (κ1) is 16.8. The van der Waals surface area contributed by atoms with Crippen LogP contribution in [-0.4, -0.2) is 32.5 Å². The Kier molecular flexibility index (Phi) is 4.79. The van der Waals surface area contributed by atoms with Crippen LogP contribution in [-0.2, 0) is 0 Å². The quantitative estimate of drug-likeness (QED) is 0.500. The molecular formula is C16H17BrFN5O. The number of nitrogens with one attached hydrogen (secondary N) is 3. The van der Waals surface area contributed by atoms with E-state index in [1.807, 2.05) is 19.9 Å². The van der Waals surface area contributed by atoms with Gasteiger partial charge in [0, 0.05) is 22.4 Å². The van der Waals surface area contributed by atoms with Gasteiger partial charge in [-0.3, -0.25) is 5.32 Å². The van der Waals surface area contributed by atoms with Crippen molar-refractivity contribution in [1.29, 1.82) is 0 Å². The van der Waals surface area contributed by atoms with E-state index in [1.54, 1.807) is 18.3 Å². The molecule has 1 atom stereocenters. The number of pyridine rings is 1. The van der Waals surface area contributed by atoms with E-state index in [4.69, 9.17) is 0 Å². The van der Waals surface area contributed by atoms with Gasteiger partial charge in [-0.05, 0) is 54.0 Å². The molecule has 0 bridgehead atoms. The summed E-state index contributed by atoms with van der Waals surface area (Å²) in [5.41, 5.74) is 2.08. The molecular weight excluding hydrogens is 377 g/mol. The van der Waals surface area contributed by atoms with Crippen LogP contribution in [0.15, 0.2) is 34.9 Å². The molecule has 3 rings (SSSR count). The highest BCUT2D eigenvalue weighted by Gasteiger charge is 2.13. The fraction of sp³-hybridized carbons (Fsp3) is 0.250. The average molecular weight is 394 g/mol. The maximum Gasteiger partial charge on any atom is 0.181 e. The predicted molar refractivity (Wildman–Crippen MR) is 94.9 cm³/mol. The number of hydrogen-bond donors (Lipinski definition) is 4. The molecule has 0 saturated heterocycles. The summed E-state index contributed by atoms with van der Waals surface area (Å²) >= 11 is 3.34. The highest BCUT2D eigenvalue weighted by molar-refractivity contribution is 9.10. The van der Waals surface area contributed by atoms with Crippen LogP contribution in [0.3, 0.4) is 0 Å². The molecule has 2 aromatic heterocycles. The lowest BCUT2D eigenvalue weighted by atomic mass is 10.1. The first-order chi connectivity index (χ1) is 11.4. The highest BCUT2D eigenvalue weighted by atomic mass is 79.9. The lowest BCUT2D eigenvalue weighted by Crippen LogP contribution is -2.40. The van der Waals surface area contributed by atoms with Gasteiger partial charge in [0.1, 0.15) is 11.6 Å². The van der Waals surface area contributed by atoms with Crippen molar-refractivity contribution >= 4 is 32.8 Å². The molecule has 0 spiro atoms. The van der Waals surface area contributed by atoms with Crippen LogP contribution < -0.4 is 10.6 Å². The fourth-order valence-electron chi connectivity index (χ4n) is 2.31. The number of rotatable bonds is 5. The number of halogens is 2. The minimum Gasteiger partial charge on any atom is -0.361 e. The number of H-pyrrole nitrogens is 1. The number of benzene rings is 1. The van der Waals surface area contributed by atoms with Gasteiger partial charge in [0.25, 0.3) is 0 Å². The highest BCUT2D eigenvalue weighted by Crippen LogP contribution is 2.26. The van der Waals surface area contributed by atoms with Crippen molar-refractivity contribution in [3.8, 4) is 11.4 Å². The number of aliphatic hydroxyl groups excluding tert-OH is 1. The molecule has 0 amide bonds. The summed E-state index contributed by atoms with van der Waals surface area (Å²) in [5, 5.41) is 15.7. The number of imidazole rings is 1. The Morgan fingerprint density at radius 2 is 2.08 bits per heavy atom. The summed E-state index contributed by atoms with van der Waals surface area (Å²) < 4.78 is 15.0. The van der Waals surface area contributed by atoms with Crippen molar-refractivity contribution < 1.29 is 9.50 Å². The monoisotopic (exact) mass is 393 g/mol. The van der Waals surface area contributed by atoms with E-state index in [0.29, 0.717) is 28.2 Å². The lowest BCUT2D eigenvalue weighted by Gasteiger charge is -2.18. The third kappa shape index (κ3) is 3.72.